The lowest BCUT2D eigenvalue weighted by molar-refractivity contribution is -0.384. The summed E-state index contributed by atoms with van der Waals surface area (Å²) in [5.41, 5.74) is 3.57. The van der Waals surface area contributed by atoms with Crippen LogP contribution in [0.1, 0.15) is 11.1 Å². The molecule has 0 unspecified atom stereocenters. The number of aromatic nitrogens is 2. The number of nitrogens with zero attached hydrogens (tertiary/aromatic N) is 3. The highest BCUT2D eigenvalue weighted by molar-refractivity contribution is 5.79. The first-order valence-electron chi connectivity index (χ1n) is 9.29. The fourth-order valence-corrected chi connectivity index (χ4v) is 3.39. The Morgan fingerprint density at radius 1 is 1.10 bits per heavy atom. The first-order chi connectivity index (χ1) is 14.6. The molecule has 4 rings (SSSR count). The molecule has 0 bridgehead atoms. The number of phenolic OH excluding ortho intramolecular Hbond substituents is 1. The molecule has 0 amide bonds. The number of rotatable bonds is 6. The van der Waals surface area contributed by atoms with Crippen molar-refractivity contribution >= 4 is 5.69 Å². The largest absolute Gasteiger partial charge is 0.507 e. The number of hydrogen-bond acceptors (Lipinski definition) is 5. The second-order valence-corrected chi connectivity index (χ2v) is 6.75. The second kappa shape index (κ2) is 8.08. The van der Waals surface area contributed by atoms with Crippen molar-refractivity contribution in [1.29, 1.82) is 0 Å². The van der Waals surface area contributed by atoms with Crippen LogP contribution in [0.4, 0.5) is 5.69 Å². The van der Waals surface area contributed by atoms with Crippen LogP contribution in [0.25, 0.3) is 16.8 Å². The lowest BCUT2D eigenvalue weighted by Crippen LogP contribution is -1.97. The van der Waals surface area contributed by atoms with E-state index in [0.29, 0.717) is 28.9 Å². The summed E-state index contributed by atoms with van der Waals surface area (Å²) in [5, 5.41) is 26.3. The minimum Gasteiger partial charge on any atom is -0.507 e. The Morgan fingerprint density at radius 2 is 1.90 bits per heavy atom. The lowest BCUT2D eigenvalue weighted by Gasteiger charge is -2.15. The molecule has 0 radical (unpaired) electrons. The summed E-state index contributed by atoms with van der Waals surface area (Å²) >= 11 is 0. The Hall–Kier alpha value is -4.13. The molecule has 0 fully saturated rings. The summed E-state index contributed by atoms with van der Waals surface area (Å²) in [4.78, 5) is 10.7. The smallest absolute Gasteiger partial charge is 0.270 e. The van der Waals surface area contributed by atoms with Crippen molar-refractivity contribution < 1.29 is 14.8 Å². The van der Waals surface area contributed by atoms with Gasteiger partial charge in [-0.25, -0.2) is 4.68 Å². The SMILES string of the molecule is COc1ccc(Cc2ccc(-n3cccn3)cc2)c(O)c1-c1cccc([N+](=O)[O-])c1. The molecule has 3 aromatic carbocycles. The number of nitro benzene ring substituents is 1. The molecule has 0 saturated carbocycles. The summed E-state index contributed by atoms with van der Waals surface area (Å²) in [6, 6.07) is 19.5. The Labute approximate surface area is 173 Å². The van der Waals surface area contributed by atoms with Crippen molar-refractivity contribution in [2.45, 2.75) is 6.42 Å². The van der Waals surface area contributed by atoms with E-state index in [1.165, 1.54) is 19.2 Å². The van der Waals surface area contributed by atoms with Crippen LogP contribution >= 0.6 is 0 Å². The molecule has 7 nitrogen and oxygen atoms in total. The monoisotopic (exact) mass is 401 g/mol. The molecule has 0 spiro atoms. The highest BCUT2D eigenvalue weighted by atomic mass is 16.6. The predicted molar refractivity (Wildman–Crippen MR) is 113 cm³/mol. The number of nitro groups is 1. The highest BCUT2D eigenvalue weighted by Crippen LogP contribution is 2.41. The molecule has 1 N–H and O–H groups in total. The van der Waals surface area contributed by atoms with E-state index < -0.39 is 4.92 Å². The zero-order valence-corrected chi connectivity index (χ0v) is 16.2. The summed E-state index contributed by atoms with van der Waals surface area (Å²) < 4.78 is 7.18. The minimum absolute atomic E-state index is 0.0472. The quantitative estimate of drug-likeness (QED) is 0.372. The van der Waals surface area contributed by atoms with E-state index >= 15 is 0 Å². The Bertz CT molecular complexity index is 1190. The van der Waals surface area contributed by atoms with Gasteiger partial charge < -0.3 is 9.84 Å². The molecule has 0 aliphatic heterocycles. The van der Waals surface area contributed by atoms with E-state index in [1.54, 1.807) is 35.1 Å². The Morgan fingerprint density at radius 3 is 2.57 bits per heavy atom. The third-order valence-corrected chi connectivity index (χ3v) is 4.89. The summed E-state index contributed by atoms with van der Waals surface area (Å²) in [5.74, 6) is 0.497. The molecular formula is C23H19N3O4. The first kappa shape index (κ1) is 19.2. The molecule has 1 heterocycles. The van der Waals surface area contributed by atoms with E-state index in [2.05, 4.69) is 5.10 Å². The molecule has 4 aromatic rings. The molecule has 0 atom stereocenters. The summed E-state index contributed by atoms with van der Waals surface area (Å²) in [6.45, 7) is 0. The first-order valence-corrected chi connectivity index (χ1v) is 9.29. The van der Waals surface area contributed by atoms with Crippen LogP contribution in [0.2, 0.25) is 0 Å². The molecule has 0 saturated heterocycles. The van der Waals surface area contributed by atoms with Gasteiger partial charge in [-0.1, -0.05) is 30.3 Å². The molecule has 0 aliphatic rings. The van der Waals surface area contributed by atoms with Gasteiger partial charge in [-0.05, 0) is 41.0 Å². The fourth-order valence-electron chi connectivity index (χ4n) is 3.39. The number of phenols is 1. The number of hydrogen-bond donors (Lipinski definition) is 1. The standard InChI is InChI=1S/C23H19N3O4/c1-30-21-11-8-18(14-16-6-9-19(10-7-16)25-13-3-12-24-25)23(27)22(21)17-4-2-5-20(15-17)26(28)29/h2-13,15,27H,14H2,1H3. The molecule has 30 heavy (non-hydrogen) atoms. The van der Waals surface area contributed by atoms with Crippen LogP contribution in [0.3, 0.4) is 0 Å². The number of non-ortho nitro benzene ring substituents is 1. The zero-order valence-electron chi connectivity index (χ0n) is 16.2. The normalized spacial score (nSPS) is 10.7. The van der Waals surface area contributed by atoms with Crippen molar-refractivity contribution in [2.24, 2.45) is 0 Å². The maximum Gasteiger partial charge on any atom is 0.270 e. The Kier molecular flexibility index (Phi) is 5.17. The Balaban J connectivity index is 1.69. The van der Waals surface area contributed by atoms with Crippen molar-refractivity contribution in [2.75, 3.05) is 7.11 Å². The van der Waals surface area contributed by atoms with Crippen LogP contribution in [0.5, 0.6) is 11.5 Å². The molecule has 0 aliphatic carbocycles. The van der Waals surface area contributed by atoms with Crippen LogP contribution in [0.15, 0.2) is 79.1 Å². The highest BCUT2D eigenvalue weighted by Gasteiger charge is 2.18. The minimum atomic E-state index is -0.460. The van der Waals surface area contributed by atoms with E-state index in [9.17, 15) is 15.2 Å². The van der Waals surface area contributed by atoms with Gasteiger partial charge in [-0.2, -0.15) is 5.10 Å². The van der Waals surface area contributed by atoms with Gasteiger partial charge in [-0.3, -0.25) is 10.1 Å². The molecule has 7 heteroatoms. The predicted octanol–water partition coefficient (Wildman–Crippen LogP) is 4.75. The number of benzene rings is 3. The maximum absolute atomic E-state index is 11.2. The van der Waals surface area contributed by atoms with Crippen molar-refractivity contribution in [3.8, 4) is 28.3 Å². The molecule has 1 aromatic heterocycles. The number of ether oxygens (including phenoxy) is 1. The second-order valence-electron chi connectivity index (χ2n) is 6.75. The van der Waals surface area contributed by atoms with Crippen molar-refractivity contribution in [3.05, 3.63) is 100 Å². The number of aromatic hydroxyl groups is 1. The lowest BCUT2D eigenvalue weighted by atomic mass is 9.96. The van der Waals surface area contributed by atoms with E-state index in [-0.39, 0.29) is 11.4 Å². The van der Waals surface area contributed by atoms with Crippen molar-refractivity contribution in [1.82, 2.24) is 9.78 Å². The fraction of sp³-hybridized carbons (Fsp3) is 0.0870. The third kappa shape index (κ3) is 3.73. The third-order valence-electron chi connectivity index (χ3n) is 4.89. The van der Waals surface area contributed by atoms with Crippen molar-refractivity contribution in [3.63, 3.8) is 0 Å². The average molecular weight is 401 g/mol. The van der Waals surface area contributed by atoms with Crippen LogP contribution in [-0.4, -0.2) is 26.9 Å². The van der Waals surface area contributed by atoms with Gasteiger partial charge in [0.1, 0.15) is 11.5 Å². The summed E-state index contributed by atoms with van der Waals surface area (Å²) in [7, 11) is 1.50. The zero-order chi connectivity index (χ0) is 21.1. The average Bonchev–Trinajstić information content (AvgIpc) is 3.30. The molecular weight excluding hydrogens is 382 g/mol. The molecule has 150 valence electrons. The van der Waals surface area contributed by atoms with Gasteiger partial charge in [0.15, 0.2) is 0 Å². The van der Waals surface area contributed by atoms with Crippen LogP contribution in [0, 0.1) is 10.1 Å². The van der Waals surface area contributed by atoms with Gasteiger partial charge in [0.2, 0.25) is 0 Å². The summed E-state index contributed by atoms with van der Waals surface area (Å²) in [6.07, 6.45) is 4.09. The van der Waals surface area contributed by atoms with Crippen LogP contribution in [-0.2, 0) is 6.42 Å². The van der Waals surface area contributed by atoms with Gasteiger partial charge in [-0.15, -0.1) is 0 Å². The topological polar surface area (TPSA) is 90.4 Å². The van der Waals surface area contributed by atoms with Gasteiger partial charge >= 0.3 is 0 Å². The number of methoxy groups -OCH3 is 1. The van der Waals surface area contributed by atoms with Crippen LogP contribution < -0.4 is 4.74 Å². The van der Waals surface area contributed by atoms with E-state index in [4.69, 9.17) is 4.74 Å². The van der Waals surface area contributed by atoms with E-state index in [0.717, 1.165) is 11.3 Å². The van der Waals surface area contributed by atoms with Gasteiger partial charge in [0.25, 0.3) is 5.69 Å². The van der Waals surface area contributed by atoms with E-state index in [1.807, 2.05) is 36.5 Å². The van der Waals surface area contributed by atoms with Gasteiger partial charge in [0, 0.05) is 30.9 Å². The maximum atomic E-state index is 11.2. The van der Waals surface area contributed by atoms with Gasteiger partial charge in [0.05, 0.1) is 23.3 Å².